The van der Waals surface area contributed by atoms with Crippen LogP contribution in [-0.4, -0.2) is 45.6 Å². The Labute approximate surface area is 147 Å². The van der Waals surface area contributed by atoms with Crippen molar-refractivity contribution in [2.75, 3.05) is 25.0 Å². The number of piperidine rings is 1. The molecule has 1 N–H and O–H groups in total. The van der Waals surface area contributed by atoms with Crippen LogP contribution in [0.5, 0.6) is 0 Å². The number of furan rings is 1. The SMILES string of the molecule is O=C(CN1CCC(c2nnc(-c3ccoc3)o2)CC1)Nc1nccs1. The van der Waals surface area contributed by atoms with Crippen molar-refractivity contribution in [3.8, 4) is 11.5 Å². The van der Waals surface area contributed by atoms with Crippen molar-refractivity contribution in [2.45, 2.75) is 18.8 Å². The van der Waals surface area contributed by atoms with Gasteiger partial charge in [-0.2, -0.15) is 0 Å². The molecule has 25 heavy (non-hydrogen) atoms. The first-order valence-corrected chi connectivity index (χ1v) is 8.93. The standard InChI is InChI=1S/C16H17N5O3S/c22-13(18-16-17-4-8-25-16)9-21-5-1-11(2-6-21)14-19-20-15(24-14)12-3-7-23-10-12/h3-4,7-8,10-11H,1-2,5-6,9H2,(H,17,18,22). The Morgan fingerprint density at radius 3 is 2.96 bits per heavy atom. The average molecular weight is 359 g/mol. The van der Waals surface area contributed by atoms with Gasteiger partial charge in [-0.25, -0.2) is 4.98 Å². The Hall–Kier alpha value is -2.52. The summed E-state index contributed by atoms with van der Waals surface area (Å²) in [5, 5.41) is 13.5. The Kier molecular flexibility index (Phi) is 4.57. The molecule has 4 rings (SSSR count). The van der Waals surface area contributed by atoms with Crippen LogP contribution in [0.2, 0.25) is 0 Å². The van der Waals surface area contributed by atoms with Gasteiger partial charge in [-0.1, -0.05) is 0 Å². The summed E-state index contributed by atoms with van der Waals surface area (Å²) < 4.78 is 10.8. The fraction of sp³-hybridized carbons (Fsp3) is 0.375. The van der Waals surface area contributed by atoms with E-state index in [-0.39, 0.29) is 11.8 Å². The lowest BCUT2D eigenvalue weighted by molar-refractivity contribution is -0.117. The summed E-state index contributed by atoms with van der Waals surface area (Å²) in [7, 11) is 0. The van der Waals surface area contributed by atoms with Crippen LogP contribution < -0.4 is 5.32 Å². The van der Waals surface area contributed by atoms with Crippen LogP contribution in [0.15, 0.2) is 39.0 Å². The van der Waals surface area contributed by atoms with Gasteiger partial charge < -0.3 is 14.2 Å². The summed E-state index contributed by atoms with van der Waals surface area (Å²) >= 11 is 1.42. The summed E-state index contributed by atoms with van der Waals surface area (Å²) in [5.74, 6) is 1.33. The number of rotatable bonds is 5. The second-order valence-electron chi connectivity index (χ2n) is 5.89. The maximum absolute atomic E-state index is 12.0. The minimum absolute atomic E-state index is 0.0339. The topological polar surface area (TPSA) is 97.3 Å². The molecule has 0 atom stereocenters. The first-order valence-electron chi connectivity index (χ1n) is 8.05. The Morgan fingerprint density at radius 2 is 2.24 bits per heavy atom. The monoisotopic (exact) mass is 359 g/mol. The number of anilines is 1. The molecule has 1 fully saturated rings. The normalized spacial score (nSPS) is 16.2. The van der Waals surface area contributed by atoms with Crippen LogP contribution in [0.3, 0.4) is 0 Å². The zero-order chi connectivity index (χ0) is 17.1. The van der Waals surface area contributed by atoms with Gasteiger partial charge in [0.05, 0.1) is 18.4 Å². The minimum Gasteiger partial charge on any atom is -0.472 e. The molecule has 3 aromatic heterocycles. The molecule has 4 heterocycles. The third-order valence-corrected chi connectivity index (χ3v) is 4.88. The van der Waals surface area contributed by atoms with E-state index in [1.54, 1.807) is 24.8 Å². The molecular weight excluding hydrogens is 342 g/mol. The molecule has 1 aliphatic rings. The lowest BCUT2D eigenvalue weighted by Gasteiger charge is -2.29. The molecule has 0 radical (unpaired) electrons. The van der Waals surface area contributed by atoms with Gasteiger partial charge in [0.15, 0.2) is 5.13 Å². The number of hydrogen-bond acceptors (Lipinski definition) is 8. The van der Waals surface area contributed by atoms with Crippen LogP contribution in [-0.2, 0) is 4.79 Å². The molecule has 0 aromatic carbocycles. The molecule has 0 saturated carbocycles. The lowest BCUT2D eigenvalue weighted by Crippen LogP contribution is -2.38. The van der Waals surface area contributed by atoms with Crippen molar-refractivity contribution in [3.05, 3.63) is 36.1 Å². The Morgan fingerprint density at radius 1 is 1.36 bits per heavy atom. The second kappa shape index (κ2) is 7.16. The third kappa shape index (κ3) is 3.77. The molecule has 0 unspecified atom stereocenters. The van der Waals surface area contributed by atoms with E-state index in [4.69, 9.17) is 8.83 Å². The van der Waals surface area contributed by atoms with Crippen molar-refractivity contribution >= 4 is 22.4 Å². The zero-order valence-corrected chi connectivity index (χ0v) is 14.2. The predicted molar refractivity (Wildman–Crippen MR) is 91.2 cm³/mol. The number of carbonyl (C=O) groups is 1. The van der Waals surface area contributed by atoms with Crippen molar-refractivity contribution in [1.82, 2.24) is 20.1 Å². The number of thiazole rings is 1. The van der Waals surface area contributed by atoms with Crippen LogP contribution in [0.1, 0.15) is 24.7 Å². The van der Waals surface area contributed by atoms with E-state index in [9.17, 15) is 4.79 Å². The highest BCUT2D eigenvalue weighted by molar-refractivity contribution is 7.13. The molecule has 8 nitrogen and oxygen atoms in total. The summed E-state index contributed by atoms with van der Waals surface area (Å²) in [6, 6.07) is 1.79. The van der Waals surface area contributed by atoms with E-state index in [1.165, 1.54) is 11.3 Å². The summed E-state index contributed by atoms with van der Waals surface area (Å²) in [4.78, 5) is 18.2. The van der Waals surface area contributed by atoms with E-state index in [2.05, 4.69) is 25.4 Å². The smallest absolute Gasteiger partial charge is 0.250 e. The van der Waals surface area contributed by atoms with Crippen molar-refractivity contribution in [1.29, 1.82) is 0 Å². The summed E-state index contributed by atoms with van der Waals surface area (Å²) in [5.41, 5.74) is 0.787. The highest BCUT2D eigenvalue weighted by atomic mass is 32.1. The van der Waals surface area contributed by atoms with Gasteiger partial charge >= 0.3 is 0 Å². The number of aromatic nitrogens is 3. The van der Waals surface area contributed by atoms with Gasteiger partial charge in [0.25, 0.3) is 5.89 Å². The maximum Gasteiger partial charge on any atom is 0.250 e. The van der Waals surface area contributed by atoms with Gasteiger partial charge in [0.2, 0.25) is 11.8 Å². The fourth-order valence-corrected chi connectivity index (χ4v) is 3.43. The molecule has 1 amide bonds. The summed E-state index contributed by atoms with van der Waals surface area (Å²) in [6.07, 6.45) is 6.61. The van der Waals surface area contributed by atoms with Crippen molar-refractivity contribution in [3.63, 3.8) is 0 Å². The molecule has 3 aromatic rings. The van der Waals surface area contributed by atoms with E-state index >= 15 is 0 Å². The molecule has 0 bridgehead atoms. The number of likely N-dealkylation sites (tertiary alicyclic amines) is 1. The summed E-state index contributed by atoms with van der Waals surface area (Å²) in [6.45, 7) is 2.01. The van der Waals surface area contributed by atoms with Gasteiger partial charge in [-0.3, -0.25) is 9.69 Å². The van der Waals surface area contributed by atoms with Gasteiger partial charge in [-0.05, 0) is 32.0 Å². The lowest BCUT2D eigenvalue weighted by atomic mass is 9.97. The molecule has 1 aliphatic heterocycles. The van der Waals surface area contributed by atoms with E-state index < -0.39 is 0 Å². The predicted octanol–water partition coefficient (Wildman–Crippen LogP) is 2.60. The molecule has 0 aliphatic carbocycles. The second-order valence-corrected chi connectivity index (χ2v) is 6.79. The van der Waals surface area contributed by atoms with Crippen molar-refractivity contribution in [2.24, 2.45) is 0 Å². The number of amides is 1. The van der Waals surface area contributed by atoms with Gasteiger partial charge in [-0.15, -0.1) is 21.5 Å². The zero-order valence-electron chi connectivity index (χ0n) is 13.4. The van der Waals surface area contributed by atoms with Crippen LogP contribution in [0.4, 0.5) is 5.13 Å². The van der Waals surface area contributed by atoms with Gasteiger partial charge in [0.1, 0.15) is 6.26 Å². The number of nitrogens with zero attached hydrogens (tertiary/aromatic N) is 4. The fourth-order valence-electron chi connectivity index (χ4n) is 2.89. The molecule has 9 heteroatoms. The quantitative estimate of drug-likeness (QED) is 0.748. The number of nitrogens with one attached hydrogen (secondary N) is 1. The molecule has 130 valence electrons. The largest absolute Gasteiger partial charge is 0.472 e. The number of hydrogen-bond donors (Lipinski definition) is 1. The minimum atomic E-state index is -0.0339. The average Bonchev–Trinajstić information content (AvgIpc) is 3.37. The molecule has 1 saturated heterocycles. The Bertz CT molecular complexity index is 807. The Balaban J connectivity index is 1.29. The van der Waals surface area contributed by atoms with Crippen LogP contribution in [0.25, 0.3) is 11.5 Å². The first-order chi connectivity index (χ1) is 12.3. The van der Waals surface area contributed by atoms with Crippen molar-refractivity contribution < 1.29 is 13.6 Å². The van der Waals surface area contributed by atoms with Gasteiger partial charge in [0, 0.05) is 17.5 Å². The van der Waals surface area contributed by atoms with E-state index in [0.29, 0.717) is 23.5 Å². The first kappa shape index (κ1) is 16.0. The maximum atomic E-state index is 12.0. The molecular formula is C16H17N5O3S. The highest BCUT2D eigenvalue weighted by Gasteiger charge is 2.26. The van der Waals surface area contributed by atoms with E-state index in [0.717, 1.165) is 31.5 Å². The van der Waals surface area contributed by atoms with E-state index in [1.807, 2.05) is 5.38 Å². The third-order valence-electron chi connectivity index (χ3n) is 4.19. The van der Waals surface area contributed by atoms with Crippen LogP contribution >= 0.6 is 11.3 Å². The molecule has 0 spiro atoms. The number of carbonyl (C=O) groups excluding carboxylic acids is 1. The highest BCUT2D eigenvalue weighted by Crippen LogP contribution is 2.29. The van der Waals surface area contributed by atoms with Crippen LogP contribution in [0, 0.1) is 0 Å².